The molecule has 0 spiro atoms. The van der Waals surface area contributed by atoms with E-state index in [1.54, 1.807) is 0 Å². The molecule has 0 radical (unpaired) electrons. The molecule has 1 aromatic carbocycles. The Morgan fingerprint density at radius 3 is 2.76 bits per heavy atom. The maximum atomic E-state index is 12.3. The predicted molar refractivity (Wildman–Crippen MR) is 99.2 cm³/mol. The minimum absolute atomic E-state index is 0.0126. The van der Waals surface area contributed by atoms with E-state index in [0.717, 1.165) is 24.6 Å². The fourth-order valence-electron chi connectivity index (χ4n) is 3.78. The van der Waals surface area contributed by atoms with Crippen LogP contribution in [0.5, 0.6) is 0 Å². The van der Waals surface area contributed by atoms with Crippen molar-refractivity contribution >= 4 is 5.91 Å². The Morgan fingerprint density at radius 1 is 1.28 bits per heavy atom. The van der Waals surface area contributed by atoms with Crippen molar-refractivity contribution in [1.29, 1.82) is 0 Å². The highest BCUT2D eigenvalue weighted by Gasteiger charge is 2.27. The first kappa shape index (κ1) is 18.4. The molecule has 1 unspecified atom stereocenters. The molecule has 1 aromatic rings. The number of likely N-dealkylation sites (tertiary alicyclic amines) is 1. The van der Waals surface area contributed by atoms with Gasteiger partial charge < -0.3 is 15.4 Å². The van der Waals surface area contributed by atoms with Gasteiger partial charge in [0.05, 0.1) is 12.7 Å². The zero-order chi connectivity index (χ0) is 17.6. The maximum Gasteiger partial charge on any atom is 0.240 e. The zero-order valence-electron chi connectivity index (χ0n) is 15.5. The Kier molecular flexibility index (Phi) is 6.45. The van der Waals surface area contributed by atoms with Gasteiger partial charge in [-0.25, -0.2) is 0 Å². The number of ether oxygens (including phenoxy) is 1. The molecule has 2 saturated heterocycles. The molecule has 3 atom stereocenters. The molecule has 0 bridgehead atoms. The Hall–Kier alpha value is -1.43. The Morgan fingerprint density at radius 2 is 2.04 bits per heavy atom. The largest absolute Gasteiger partial charge is 0.375 e. The van der Waals surface area contributed by atoms with E-state index in [4.69, 9.17) is 4.74 Å². The van der Waals surface area contributed by atoms with Gasteiger partial charge in [-0.05, 0) is 43.4 Å². The first-order valence-electron chi connectivity index (χ1n) is 9.54. The molecule has 3 rings (SSSR count). The molecule has 25 heavy (non-hydrogen) atoms. The van der Waals surface area contributed by atoms with E-state index in [0.29, 0.717) is 13.2 Å². The Bertz CT molecular complexity index is 561. The number of hydrogen-bond donors (Lipinski definition) is 2. The normalized spacial score (nSPS) is 27.8. The van der Waals surface area contributed by atoms with E-state index in [9.17, 15) is 4.79 Å². The molecule has 138 valence electrons. The number of hydrogen-bond acceptors (Lipinski definition) is 4. The van der Waals surface area contributed by atoms with Gasteiger partial charge in [0, 0.05) is 26.2 Å². The van der Waals surface area contributed by atoms with Gasteiger partial charge in [0.2, 0.25) is 5.91 Å². The molecule has 5 nitrogen and oxygen atoms in total. The topological polar surface area (TPSA) is 53.6 Å². The lowest BCUT2D eigenvalue weighted by Gasteiger charge is -2.30. The minimum Gasteiger partial charge on any atom is -0.375 e. The summed E-state index contributed by atoms with van der Waals surface area (Å²) in [5, 5.41) is 6.23. The fraction of sp³-hybridized carbons (Fsp3) is 0.650. The molecule has 2 aliphatic rings. The molecular weight excluding hydrogens is 314 g/mol. The second-order valence-electron chi connectivity index (χ2n) is 7.52. The van der Waals surface area contributed by atoms with Crippen LogP contribution in [0.3, 0.4) is 0 Å². The van der Waals surface area contributed by atoms with Crippen LogP contribution >= 0.6 is 0 Å². The van der Waals surface area contributed by atoms with Crippen molar-refractivity contribution in [3.05, 3.63) is 35.4 Å². The number of piperidine rings is 1. The lowest BCUT2D eigenvalue weighted by atomic mass is 9.99. The van der Waals surface area contributed by atoms with Crippen molar-refractivity contribution in [1.82, 2.24) is 15.5 Å². The lowest BCUT2D eigenvalue weighted by Crippen LogP contribution is -2.55. The first-order valence-corrected chi connectivity index (χ1v) is 9.54. The van der Waals surface area contributed by atoms with Gasteiger partial charge in [0.25, 0.3) is 0 Å². The standard InChI is InChI=1S/C20H31N3O2/c1-15-4-3-10-23(13-15)14-18-7-5-17(6-8-18)12-22-20(24)19-16(2)25-11-9-21-19/h5-8,15-16,19,21H,3-4,9-14H2,1-2H3,(H,22,24)/t15?,16-,19+/m1/s1. The molecule has 2 aliphatic heterocycles. The number of morpholine rings is 1. The van der Waals surface area contributed by atoms with E-state index >= 15 is 0 Å². The van der Waals surface area contributed by atoms with Gasteiger partial charge in [0.15, 0.2) is 0 Å². The molecule has 0 aliphatic carbocycles. The summed E-state index contributed by atoms with van der Waals surface area (Å²) in [5.74, 6) is 0.821. The van der Waals surface area contributed by atoms with Crippen molar-refractivity contribution in [2.75, 3.05) is 26.2 Å². The van der Waals surface area contributed by atoms with Gasteiger partial charge in [0.1, 0.15) is 6.04 Å². The van der Waals surface area contributed by atoms with Crippen molar-refractivity contribution in [2.24, 2.45) is 5.92 Å². The predicted octanol–water partition coefficient (Wildman–Crippen LogP) is 1.91. The third-order valence-electron chi connectivity index (χ3n) is 5.24. The smallest absolute Gasteiger partial charge is 0.240 e. The summed E-state index contributed by atoms with van der Waals surface area (Å²) in [6.07, 6.45) is 2.58. The summed E-state index contributed by atoms with van der Waals surface area (Å²) in [5.41, 5.74) is 2.48. The quantitative estimate of drug-likeness (QED) is 0.856. The molecule has 0 aromatic heterocycles. The van der Waals surface area contributed by atoms with Crippen LogP contribution in [-0.4, -0.2) is 49.2 Å². The van der Waals surface area contributed by atoms with Crippen LogP contribution in [0.1, 0.15) is 37.8 Å². The fourth-order valence-corrected chi connectivity index (χ4v) is 3.78. The monoisotopic (exact) mass is 345 g/mol. The van der Waals surface area contributed by atoms with Crippen LogP contribution in [0, 0.1) is 5.92 Å². The highest BCUT2D eigenvalue weighted by Crippen LogP contribution is 2.18. The minimum atomic E-state index is -0.255. The summed E-state index contributed by atoms with van der Waals surface area (Å²) in [6, 6.07) is 8.36. The highest BCUT2D eigenvalue weighted by molar-refractivity contribution is 5.82. The Labute approximate surface area is 151 Å². The van der Waals surface area contributed by atoms with Crippen LogP contribution in [0.25, 0.3) is 0 Å². The van der Waals surface area contributed by atoms with Gasteiger partial charge in [-0.3, -0.25) is 9.69 Å². The molecule has 2 N–H and O–H groups in total. The number of amides is 1. The van der Waals surface area contributed by atoms with Crippen LogP contribution < -0.4 is 10.6 Å². The van der Waals surface area contributed by atoms with E-state index < -0.39 is 0 Å². The molecule has 5 heteroatoms. The van der Waals surface area contributed by atoms with Crippen LogP contribution in [0.15, 0.2) is 24.3 Å². The third kappa shape index (κ3) is 5.27. The average molecular weight is 345 g/mol. The number of carbonyl (C=O) groups excluding carboxylic acids is 1. The summed E-state index contributed by atoms with van der Waals surface area (Å²) >= 11 is 0. The average Bonchev–Trinajstić information content (AvgIpc) is 2.61. The van der Waals surface area contributed by atoms with Gasteiger partial charge in [-0.2, -0.15) is 0 Å². The van der Waals surface area contributed by atoms with Crippen LogP contribution in [0.4, 0.5) is 0 Å². The lowest BCUT2D eigenvalue weighted by molar-refractivity contribution is -0.129. The first-order chi connectivity index (χ1) is 12.1. The Balaban J connectivity index is 1.46. The van der Waals surface area contributed by atoms with Crippen LogP contribution in [0.2, 0.25) is 0 Å². The van der Waals surface area contributed by atoms with Crippen molar-refractivity contribution in [2.45, 2.75) is 51.9 Å². The van der Waals surface area contributed by atoms with Gasteiger partial charge in [-0.1, -0.05) is 31.2 Å². The SMILES string of the molecule is CC1CCCN(Cc2ccc(CNC(=O)[C@H]3NCCO[C@@H]3C)cc2)C1. The van der Waals surface area contributed by atoms with E-state index in [1.165, 1.54) is 31.5 Å². The highest BCUT2D eigenvalue weighted by atomic mass is 16.5. The maximum absolute atomic E-state index is 12.3. The number of nitrogens with one attached hydrogen (secondary N) is 2. The van der Waals surface area contributed by atoms with E-state index in [2.05, 4.69) is 46.7 Å². The molecule has 0 saturated carbocycles. The number of nitrogens with zero attached hydrogens (tertiary/aromatic N) is 1. The summed E-state index contributed by atoms with van der Waals surface area (Å²) in [4.78, 5) is 14.8. The molecule has 2 fully saturated rings. The van der Waals surface area contributed by atoms with Crippen molar-refractivity contribution in [3.8, 4) is 0 Å². The van der Waals surface area contributed by atoms with Crippen molar-refractivity contribution < 1.29 is 9.53 Å². The van der Waals surface area contributed by atoms with Gasteiger partial charge >= 0.3 is 0 Å². The summed E-state index contributed by atoms with van der Waals surface area (Å²) in [6.45, 7) is 9.66. The second kappa shape index (κ2) is 8.79. The summed E-state index contributed by atoms with van der Waals surface area (Å²) in [7, 11) is 0. The number of rotatable bonds is 5. The molecule has 1 amide bonds. The van der Waals surface area contributed by atoms with Crippen LogP contribution in [-0.2, 0) is 22.6 Å². The van der Waals surface area contributed by atoms with E-state index in [1.807, 2.05) is 6.92 Å². The van der Waals surface area contributed by atoms with E-state index in [-0.39, 0.29) is 18.1 Å². The number of carbonyl (C=O) groups is 1. The van der Waals surface area contributed by atoms with Gasteiger partial charge in [-0.15, -0.1) is 0 Å². The zero-order valence-corrected chi connectivity index (χ0v) is 15.5. The second-order valence-corrected chi connectivity index (χ2v) is 7.52. The molecule has 2 heterocycles. The summed E-state index contributed by atoms with van der Waals surface area (Å²) < 4.78 is 5.53. The van der Waals surface area contributed by atoms with Crippen molar-refractivity contribution in [3.63, 3.8) is 0 Å². The number of benzene rings is 1. The third-order valence-corrected chi connectivity index (χ3v) is 5.24. The molecular formula is C20H31N3O2.